The number of ether oxygens (including phenoxy) is 1. The Bertz CT molecular complexity index is 868. The number of imide groups is 1. The highest BCUT2D eigenvalue weighted by atomic mass is 16.6. The van der Waals surface area contributed by atoms with Crippen molar-refractivity contribution < 1.29 is 14.3 Å². The molecule has 1 aliphatic heterocycles. The number of fused-ring (bicyclic) bond motifs is 1. The standard InChI is InChI=1S/C22H26N2O3/c1-22(2,3)27-21(26)24-19-13-9-7-11-16(19)17(20(24)25)14-15-10-6-8-12-18(15)23(4)5/h6-13,17H,14H2,1-5H3. The van der Waals surface area contributed by atoms with Gasteiger partial charge in [0.25, 0.3) is 0 Å². The first-order chi connectivity index (χ1) is 12.7. The number of amides is 2. The number of benzene rings is 2. The van der Waals surface area contributed by atoms with Gasteiger partial charge in [-0.05, 0) is 50.5 Å². The highest BCUT2D eigenvalue weighted by molar-refractivity contribution is 6.19. The molecule has 0 spiro atoms. The van der Waals surface area contributed by atoms with Crippen molar-refractivity contribution in [2.45, 2.75) is 38.7 Å². The lowest BCUT2D eigenvalue weighted by Crippen LogP contribution is -2.39. The summed E-state index contributed by atoms with van der Waals surface area (Å²) in [6.07, 6.45) is -0.0907. The first-order valence-corrected chi connectivity index (χ1v) is 9.10. The smallest absolute Gasteiger partial charge is 0.421 e. The van der Waals surface area contributed by atoms with E-state index in [-0.39, 0.29) is 5.91 Å². The van der Waals surface area contributed by atoms with Crippen molar-refractivity contribution in [3.63, 3.8) is 0 Å². The van der Waals surface area contributed by atoms with Crippen LogP contribution in [-0.4, -0.2) is 31.7 Å². The highest BCUT2D eigenvalue weighted by Gasteiger charge is 2.42. The van der Waals surface area contributed by atoms with Crippen molar-refractivity contribution in [1.29, 1.82) is 0 Å². The van der Waals surface area contributed by atoms with Crippen molar-refractivity contribution in [3.8, 4) is 0 Å². The zero-order chi connectivity index (χ0) is 19.8. The van der Waals surface area contributed by atoms with Crippen LogP contribution < -0.4 is 9.80 Å². The summed E-state index contributed by atoms with van der Waals surface area (Å²) in [4.78, 5) is 29.1. The third-order valence-corrected chi connectivity index (χ3v) is 4.55. The molecule has 2 aromatic carbocycles. The summed E-state index contributed by atoms with van der Waals surface area (Å²) in [6, 6.07) is 15.5. The molecule has 0 aliphatic carbocycles. The predicted octanol–water partition coefficient (Wildman–Crippen LogP) is 4.36. The van der Waals surface area contributed by atoms with Gasteiger partial charge in [-0.3, -0.25) is 4.79 Å². The Kier molecular flexibility index (Phi) is 4.96. The normalized spacial score (nSPS) is 16.3. The number of hydrogen-bond donors (Lipinski definition) is 0. The van der Waals surface area contributed by atoms with Gasteiger partial charge in [0.15, 0.2) is 0 Å². The van der Waals surface area contributed by atoms with Crippen LogP contribution in [0.5, 0.6) is 0 Å². The summed E-state index contributed by atoms with van der Waals surface area (Å²) in [6.45, 7) is 5.38. The Morgan fingerprint density at radius 1 is 1.07 bits per heavy atom. The molecule has 1 unspecified atom stereocenters. The third-order valence-electron chi connectivity index (χ3n) is 4.55. The van der Waals surface area contributed by atoms with Crippen LogP contribution in [0.25, 0.3) is 0 Å². The zero-order valence-electron chi connectivity index (χ0n) is 16.5. The molecular formula is C22H26N2O3. The Hall–Kier alpha value is -2.82. The monoisotopic (exact) mass is 366 g/mol. The van der Waals surface area contributed by atoms with Crippen LogP contribution in [0.15, 0.2) is 48.5 Å². The van der Waals surface area contributed by atoms with Gasteiger partial charge in [0.2, 0.25) is 5.91 Å². The van der Waals surface area contributed by atoms with E-state index in [2.05, 4.69) is 0 Å². The Morgan fingerprint density at radius 3 is 2.37 bits per heavy atom. The number of carbonyl (C=O) groups is 2. The topological polar surface area (TPSA) is 49.9 Å². The van der Waals surface area contributed by atoms with E-state index in [1.54, 1.807) is 26.8 Å². The van der Waals surface area contributed by atoms with Crippen LogP contribution in [0.1, 0.15) is 37.8 Å². The molecule has 0 fully saturated rings. The molecule has 1 atom stereocenters. The first-order valence-electron chi connectivity index (χ1n) is 9.10. The van der Waals surface area contributed by atoms with E-state index in [0.717, 1.165) is 16.8 Å². The Morgan fingerprint density at radius 2 is 1.70 bits per heavy atom. The van der Waals surface area contributed by atoms with Gasteiger partial charge in [0.1, 0.15) is 5.60 Å². The first kappa shape index (κ1) is 19.0. The minimum atomic E-state index is -0.665. The number of rotatable bonds is 3. The average molecular weight is 366 g/mol. The summed E-state index contributed by atoms with van der Waals surface area (Å²) < 4.78 is 5.47. The number of carbonyl (C=O) groups excluding carboxylic acids is 2. The van der Waals surface area contributed by atoms with E-state index >= 15 is 0 Å². The molecule has 0 bridgehead atoms. The molecule has 0 N–H and O–H groups in total. The van der Waals surface area contributed by atoms with Crippen LogP contribution in [0.3, 0.4) is 0 Å². The maximum Gasteiger partial charge on any atom is 0.421 e. The lowest BCUT2D eigenvalue weighted by molar-refractivity contribution is -0.119. The van der Waals surface area contributed by atoms with E-state index in [0.29, 0.717) is 12.1 Å². The fraction of sp³-hybridized carbons (Fsp3) is 0.364. The summed E-state index contributed by atoms with van der Waals surface area (Å²) in [5, 5.41) is 0. The van der Waals surface area contributed by atoms with E-state index < -0.39 is 17.6 Å². The molecule has 5 heteroatoms. The van der Waals surface area contributed by atoms with Crippen molar-refractivity contribution in [1.82, 2.24) is 0 Å². The number of hydrogen-bond acceptors (Lipinski definition) is 4. The molecule has 2 amide bonds. The van der Waals surface area contributed by atoms with Crippen molar-refractivity contribution in [3.05, 3.63) is 59.7 Å². The fourth-order valence-electron chi connectivity index (χ4n) is 3.43. The number of nitrogens with zero attached hydrogens (tertiary/aromatic N) is 2. The van der Waals surface area contributed by atoms with Crippen LogP contribution in [0.4, 0.5) is 16.2 Å². The lowest BCUT2D eigenvalue weighted by Gasteiger charge is -2.24. The third kappa shape index (κ3) is 3.82. The second-order valence-corrected chi connectivity index (χ2v) is 7.99. The second-order valence-electron chi connectivity index (χ2n) is 7.99. The van der Waals surface area contributed by atoms with Crippen LogP contribution in [0.2, 0.25) is 0 Å². The summed E-state index contributed by atoms with van der Waals surface area (Å²) in [5.74, 6) is -0.645. The minimum Gasteiger partial charge on any atom is -0.443 e. The van der Waals surface area contributed by atoms with E-state index in [1.807, 2.05) is 61.5 Å². The molecule has 1 heterocycles. The summed E-state index contributed by atoms with van der Waals surface area (Å²) >= 11 is 0. The Labute approximate surface area is 160 Å². The van der Waals surface area contributed by atoms with E-state index in [4.69, 9.17) is 4.74 Å². The Balaban J connectivity index is 1.97. The molecule has 1 aliphatic rings. The molecule has 3 rings (SSSR count). The summed E-state index contributed by atoms with van der Waals surface area (Å²) in [5.41, 5.74) is 2.95. The molecule has 142 valence electrons. The van der Waals surface area contributed by atoms with E-state index in [1.165, 1.54) is 4.90 Å². The van der Waals surface area contributed by atoms with Gasteiger partial charge in [-0.25, -0.2) is 9.69 Å². The van der Waals surface area contributed by atoms with Gasteiger partial charge in [0, 0.05) is 19.8 Å². The van der Waals surface area contributed by atoms with Gasteiger partial charge in [-0.15, -0.1) is 0 Å². The lowest BCUT2D eigenvalue weighted by atomic mass is 9.92. The van der Waals surface area contributed by atoms with Crippen molar-refractivity contribution >= 4 is 23.4 Å². The maximum absolute atomic E-state index is 13.2. The second kappa shape index (κ2) is 7.06. The van der Waals surface area contributed by atoms with E-state index in [9.17, 15) is 9.59 Å². The predicted molar refractivity (Wildman–Crippen MR) is 107 cm³/mol. The van der Waals surface area contributed by atoms with Gasteiger partial charge in [-0.2, -0.15) is 0 Å². The molecule has 0 saturated heterocycles. The molecule has 0 saturated carbocycles. The quantitative estimate of drug-likeness (QED) is 0.810. The minimum absolute atomic E-state index is 0.237. The summed E-state index contributed by atoms with van der Waals surface area (Å²) in [7, 11) is 3.96. The SMILES string of the molecule is CN(C)c1ccccc1CC1C(=O)N(C(=O)OC(C)(C)C)c2ccccc21. The molecule has 27 heavy (non-hydrogen) atoms. The van der Waals surface area contributed by atoms with Gasteiger partial charge >= 0.3 is 6.09 Å². The van der Waals surface area contributed by atoms with Crippen LogP contribution in [0, 0.1) is 0 Å². The van der Waals surface area contributed by atoms with Crippen molar-refractivity contribution in [2.24, 2.45) is 0 Å². The largest absolute Gasteiger partial charge is 0.443 e. The molecule has 2 aromatic rings. The molecule has 5 nitrogen and oxygen atoms in total. The molecule has 0 radical (unpaired) electrons. The van der Waals surface area contributed by atoms with Gasteiger partial charge in [-0.1, -0.05) is 36.4 Å². The molecule has 0 aromatic heterocycles. The average Bonchev–Trinajstić information content (AvgIpc) is 2.86. The van der Waals surface area contributed by atoms with Gasteiger partial charge in [0.05, 0.1) is 11.6 Å². The highest BCUT2D eigenvalue weighted by Crippen LogP contribution is 2.40. The fourth-order valence-corrected chi connectivity index (χ4v) is 3.43. The molecular weight excluding hydrogens is 340 g/mol. The number of anilines is 2. The van der Waals surface area contributed by atoms with Crippen LogP contribution >= 0.6 is 0 Å². The maximum atomic E-state index is 13.2. The van der Waals surface area contributed by atoms with Gasteiger partial charge < -0.3 is 9.64 Å². The zero-order valence-corrected chi connectivity index (χ0v) is 16.5. The number of para-hydroxylation sites is 2. The van der Waals surface area contributed by atoms with Crippen LogP contribution in [-0.2, 0) is 16.0 Å². The van der Waals surface area contributed by atoms with Crippen molar-refractivity contribution in [2.75, 3.05) is 23.9 Å².